The van der Waals surface area contributed by atoms with Gasteiger partial charge in [-0.1, -0.05) is 13.8 Å². The minimum absolute atomic E-state index is 0.0222. The smallest absolute Gasteiger partial charge is 0.243 e. The third kappa shape index (κ3) is 2.54. The Bertz CT molecular complexity index is 275. The highest BCUT2D eigenvalue weighted by Crippen LogP contribution is 2.31. The second-order valence-electron chi connectivity index (χ2n) is 5.35. The van der Waals surface area contributed by atoms with E-state index in [0.29, 0.717) is 11.8 Å². The van der Waals surface area contributed by atoms with E-state index in [-0.39, 0.29) is 24.4 Å². The minimum atomic E-state index is -0.234. The van der Waals surface area contributed by atoms with Gasteiger partial charge < -0.3 is 10.2 Å². The van der Waals surface area contributed by atoms with Crippen molar-refractivity contribution in [2.75, 3.05) is 13.1 Å². The van der Waals surface area contributed by atoms with Crippen molar-refractivity contribution in [2.45, 2.75) is 39.2 Å². The molecule has 90 valence electrons. The zero-order valence-electron chi connectivity index (χ0n) is 10.0. The molecule has 1 N–H and O–H groups in total. The molecule has 16 heavy (non-hydrogen) atoms. The Kier molecular flexibility index (Phi) is 3.17. The zero-order valence-corrected chi connectivity index (χ0v) is 10.0. The van der Waals surface area contributed by atoms with E-state index in [0.717, 1.165) is 13.0 Å². The van der Waals surface area contributed by atoms with Gasteiger partial charge >= 0.3 is 0 Å². The fourth-order valence-corrected chi connectivity index (χ4v) is 2.19. The first kappa shape index (κ1) is 11.4. The Morgan fingerprint density at radius 2 is 2.06 bits per heavy atom. The maximum absolute atomic E-state index is 11.8. The van der Waals surface area contributed by atoms with E-state index >= 15 is 0 Å². The van der Waals surface area contributed by atoms with Crippen LogP contribution in [0.15, 0.2) is 0 Å². The summed E-state index contributed by atoms with van der Waals surface area (Å²) in [6.07, 6.45) is 3.18. The molecule has 0 aromatic heterocycles. The van der Waals surface area contributed by atoms with Gasteiger partial charge in [-0.25, -0.2) is 0 Å². The number of hydrogen-bond acceptors (Lipinski definition) is 2. The molecule has 0 aromatic carbocycles. The van der Waals surface area contributed by atoms with Crippen LogP contribution < -0.4 is 5.32 Å². The molecule has 4 heteroatoms. The molecule has 4 nitrogen and oxygen atoms in total. The summed E-state index contributed by atoms with van der Waals surface area (Å²) in [5, 5.41) is 2.68. The summed E-state index contributed by atoms with van der Waals surface area (Å²) in [5.74, 6) is 1.18. The van der Waals surface area contributed by atoms with Crippen LogP contribution in [0.5, 0.6) is 0 Å². The summed E-state index contributed by atoms with van der Waals surface area (Å²) in [6, 6.07) is -0.234. The summed E-state index contributed by atoms with van der Waals surface area (Å²) in [6.45, 7) is 5.13. The van der Waals surface area contributed by atoms with Crippen LogP contribution in [0, 0.1) is 11.8 Å². The summed E-state index contributed by atoms with van der Waals surface area (Å²) < 4.78 is 0. The summed E-state index contributed by atoms with van der Waals surface area (Å²) in [5.41, 5.74) is 0. The van der Waals surface area contributed by atoms with E-state index in [2.05, 4.69) is 19.2 Å². The molecule has 0 aromatic rings. The lowest BCUT2D eigenvalue weighted by Gasteiger charge is -2.36. The van der Waals surface area contributed by atoms with Crippen LogP contribution in [0.2, 0.25) is 0 Å². The maximum atomic E-state index is 11.8. The van der Waals surface area contributed by atoms with Crippen molar-refractivity contribution in [3.8, 4) is 0 Å². The molecule has 1 atom stereocenters. The Labute approximate surface area is 96.4 Å². The SMILES string of the molecule is CC(C)CC1C(=O)NCC(=O)N1CC1CC1. The van der Waals surface area contributed by atoms with E-state index in [9.17, 15) is 9.59 Å². The third-order valence-corrected chi connectivity index (χ3v) is 3.26. The van der Waals surface area contributed by atoms with Gasteiger partial charge in [0.05, 0.1) is 6.54 Å². The summed E-state index contributed by atoms with van der Waals surface area (Å²) >= 11 is 0. The van der Waals surface area contributed by atoms with E-state index < -0.39 is 0 Å². The van der Waals surface area contributed by atoms with Crippen LogP contribution in [0.1, 0.15) is 33.1 Å². The van der Waals surface area contributed by atoms with E-state index in [4.69, 9.17) is 0 Å². The van der Waals surface area contributed by atoms with Gasteiger partial charge in [-0.3, -0.25) is 9.59 Å². The van der Waals surface area contributed by atoms with Crippen LogP contribution >= 0.6 is 0 Å². The van der Waals surface area contributed by atoms with Crippen molar-refractivity contribution >= 4 is 11.8 Å². The lowest BCUT2D eigenvalue weighted by Crippen LogP contribution is -2.59. The average Bonchev–Trinajstić information content (AvgIpc) is 3.00. The minimum Gasteiger partial charge on any atom is -0.345 e. The van der Waals surface area contributed by atoms with Crippen molar-refractivity contribution in [1.82, 2.24) is 10.2 Å². The summed E-state index contributed by atoms with van der Waals surface area (Å²) in [7, 11) is 0. The molecular formula is C12H20N2O2. The maximum Gasteiger partial charge on any atom is 0.243 e. The number of rotatable bonds is 4. The first-order chi connectivity index (χ1) is 7.58. The van der Waals surface area contributed by atoms with Crippen LogP contribution in [0.4, 0.5) is 0 Å². The van der Waals surface area contributed by atoms with Gasteiger partial charge in [0.25, 0.3) is 0 Å². The molecule has 2 aliphatic rings. The fraction of sp³-hybridized carbons (Fsp3) is 0.833. The molecular weight excluding hydrogens is 204 g/mol. The van der Waals surface area contributed by atoms with Gasteiger partial charge in [0, 0.05) is 6.54 Å². The zero-order chi connectivity index (χ0) is 11.7. The Morgan fingerprint density at radius 3 is 2.62 bits per heavy atom. The molecule has 1 saturated heterocycles. The highest BCUT2D eigenvalue weighted by atomic mass is 16.2. The lowest BCUT2D eigenvalue weighted by molar-refractivity contribution is -0.146. The number of nitrogens with zero attached hydrogens (tertiary/aromatic N) is 1. The predicted molar refractivity (Wildman–Crippen MR) is 60.7 cm³/mol. The monoisotopic (exact) mass is 224 g/mol. The molecule has 1 heterocycles. The molecule has 0 spiro atoms. The summed E-state index contributed by atoms with van der Waals surface area (Å²) in [4.78, 5) is 25.4. The van der Waals surface area contributed by atoms with Crippen LogP contribution in [0.25, 0.3) is 0 Å². The Balaban J connectivity index is 2.05. The molecule has 1 aliphatic heterocycles. The normalized spacial score (nSPS) is 26.2. The first-order valence-corrected chi connectivity index (χ1v) is 6.15. The quantitative estimate of drug-likeness (QED) is 0.766. The number of nitrogens with one attached hydrogen (secondary N) is 1. The highest BCUT2D eigenvalue weighted by Gasteiger charge is 2.37. The second-order valence-corrected chi connectivity index (χ2v) is 5.35. The first-order valence-electron chi connectivity index (χ1n) is 6.15. The molecule has 1 unspecified atom stereocenters. The molecule has 0 bridgehead atoms. The van der Waals surface area contributed by atoms with Gasteiger partial charge in [0.15, 0.2) is 0 Å². The van der Waals surface area contributed by atoms with Crippen LogP contribution in [-0.4, -0.2) is 35.8 Å². The van der Waals surface area contributed by atoms with Crippen molar-refractivity contribution < 1.29 is 9.59 Å². The topological polar surface area (TPSA) is 49.4 Å². The van der Waals surface area contributed by atoms with Gasteiger partial charge in [0.1, 0.15) is 6.04 Å². The number of carbonyl (C=O) groups excluding carboxylic acids is 2. The van der Waals surface area contributed by atoms with Gasteiger partial charge in [-0.2, -0.15) is 0 Å². The average molecular weight is 224 g/mol. The van der Waals surface area contributed by atoms with Gasteiger partial charge in [-0.15, -0.1) is 0 Å². The third-order valence-electron chi connectivity index (χ3n) is 3.26. The Hall–Kier alpha value is -1.06. The number of piperazine rings is 1. The van der Waals surface area contributed by atoms with Crippen molar-refractivity contribution in [3.63, 3.8) is 0 Å². The number of amides is 2. The lowest BCUT2D eigenvalue weighted by atomic mass is 9.99. The van der Waals surface area contributed by atoms with E-state index in [1.807, 2.05) is 0 Å². The van der Waals surface area contributed by atoms with Crippen molar-refractivity contribution in [2.24, 2.45) is 11.8 Å². The van der Waals surface area contributed by atoms with Crippen molar-refractivity contribution in [3.05, 3.63) is 0 Å². The van der Waals surface area contributed by atoms with Crippen LogP contribution in [0.3, 0.4) is 0 Å². The fourth-order valence-electron chi connectivity index (χ4n) is 2.19. The predicted octanol–water partition coefficient (Wildman–Crippen LogP) is 0.769. The van der Waals surface area contributed by atoms with Crippen molar-refractivity contribution in [1.29, 1.82) is 0 Å². The van der Waals surface area contributed by atoms with Gasteiger partial charge in [0.2, 0.25) is 11.8 Å². The highest BCUT2D eigenvalue weighted by molar-refractivity contribution is 5.94. The van der Waals surface area contributed by atoms with E-state index in [1.165, 1.54) is 12.8 Å². The molecule has 2 rings (SSSR count). The number of carbonyl (C=O) groups is 2. The molecule has 2 fully saturated rings. The number of hydrogen-bond donors (Lipinski definition) is 1. The Morgan fingerprint density at radius 1 is 1.38 bits per heavy atom. The van der Waals surface area contributed by atoms with E-state index in [1.54, 1.807) is 4.90 Å². The van der Waals surface area contributed by atoms with Gasteiger partial charge in [-0.05, 0) is 31.1 Å². The molecule has 1 saturated carbocycles. The van der Waals surface area contributed by atoms with Crippen LogP contribution in [-0.2, 0) is 9.59 Å². The molecule has 1 aliphatic carbocycles. The molecule has 2 amide bonds. The largest absolute Gasteiger partial charge is 0.345 e. The molecule has 0 radical (unpaired) electrons. The standard InChI is InChI=1S/C12H20N2O2/c1-8(2)5-10-12(16)13-6-11(15)14(10)7-9-3-4-9/h8-10H,3-7H2,1-2H3,(H,13,16). The second kappa shape index (κ2) is 4.44.